The van der Waals surface area contributed by atoms with Crippen molar-refractivity contribution < 1.29 is 28.6 Å². The standard InChI is InChI=1S/C17H20N2O6/c1-10-6-5-7-11(15(20)18-2)13(10)19-9-25-8-12(16(21)23-3)14(19)17(22)24-4/h5-7H,8-9H2,1-4H3,(H,18,20). The third kappa shape index (κ3) is 3.48. The van der Waals surface area contributed by atoms with E-state index in [1.807, 2.05) is 0 Å². The molecule has 1 aliphatic rings. The molecule has 0 aliphatic carbocycles. The zero-order valence-electron chi connectivity index (χ0n) is 14.5. The van der Waals surface area contributed by atoms with E-state index in [2.05, 4.69) is 5.32 Å². The molecule has 0 saturated carbocycles. The smallest absolute Gasteiger partial charge is 0.355 e. The van der Waals surface area contributed by atoms with Crippen molar-refractivity contribution >= 4 is 23.5 Å². The molecule has 8 nitrogen and oxygen atoms in total. The Hall–Kier alpha value is -2.87. The number of anilines is 1. The fraction of sp³-hybridized carbons (Fsp3) is 0.353. The van der Waals surface area contributed by atoms with Gasteiger partial charge in [0.15, 0.2) is 0 Å². The highest BCUT2D eigenvalue weighted by Crippen LogP contribution is 2.32. The molecule has 0 fully saturated rings. The van der Waals surface area contributed by atoms with Crippen molar-refractivity contribution in [2.75, 3.05) is 39.5 Å². The van der Waals surface area contributed by atoms with Gasteiger partial charge >= 0.3 is 11.9 Å². The number of hydrogen-bond acceptors (Lipinski definition) is 7. The van der Waals surface area contributed by atoms with Crippen molar-refractivity contribution in [3.8, 4) is 0 Å². The number of rotatable bonds is 4. The molecule has 8 heteroatoms. The van der Waals surface area contributed by atoms with E-state index in [1.165, 1.54) is 26.2 Å². The minimum Gasteiger partial charge on any atom is -0.466 e. The Bertz CT molecular complexity index is 741. The van der Waals surface area contributed by atoms with Crippen molar-refractivity contribution in [2.45, 2.75) is 6.92 Å². The minimum atomic E-state index is -0.713. The number of esters is 2. The first-order valence-corrected chi connectivity index (χ1v) is 7.53. The van der Waals surface area contributed by atoms with Crippen LogP contribution >= 0.6 is 0 Å². The van der Waals surface area contributed by atoms with Crippen LogP contribution in [0.15, 0.2) is 29.5 Å². The van der Waals surface area contributed by atoms with Crippen LogP contribution in [0.3, 0.4) is 0 Å². The first-order chi connectivity index (χ1) is 12.0. The molecule has 1 aromatic rings. The topological polar surface area (TPSA) is 94.2 Å². The van der Waals surface area contributed by atoms with Crippen LogP contribution in [0.1, 0.15) is 15.9 Å². The normalized spacial score (nSPS) is 14.2. The molecule has 0 spiro atoms. The van der Waals surface area contributed by atoms with Gasteiger partial charge in [-0.15, -0.1) is 0 Å². The van der Waals surface area contributed by atoms with Gasteiger partial charge in [-0.3, -0.25) is 4.79 Å². The summed E-state index contributed by atoms with van der Waals surface area (Å²) in [6.45, 7) is 1.69. The lowest BCUT2D eigenvalue weighted by Crippen LogP contribution is -2.40. The van der Waals surface area contributed by atoms with E-state index >= 15 is 0 Å². The fourth-order valence-corrected chi connectivity index (χ4v) is 2.66. The second-order valence-corrected chi connectivity index (χ2v) is 5.27. The van der Waals surface area contributed by atoms with Gasteiger partial charge in [0.25, 0.3) is 5.91 Å². The SMILES string of the molecule is CNC(=O)c1cccc(C)c1N1COCC(C(=O)OC)=C1C(=O)OC. The first kappa shape index (κ1) is 18.5. The van der Waals surface area contributed by atoms with E-state index in [1.54, 1.807) is 25.1 Å². The molecule has 0 atom stereocenters. The molecule has 2 rings (SSSR count). The lowest BCUT2D eigenvalue weighted by atomic mass is 10.0. The number of carbonyl (C=O) groups is 3. The molecule has 1 aliphatic heterocycles. The summed E-state index contributed by atoms with van der Waals surface area (Å²) in [5, 5.41) is 2.56. The number of nitrogens with one attached hydrogen (secondary N) is 1. The van der Waals surface area contributed by atoms with E-state index in [4.69, 9.17) is 14.2 Å². The predicted molar refractivity (Wildman–Crippen MR) is 88.9 cm³/mol. The minimum absolute atomic E-state index is 0.0000491. The molecule has 0 bridgehead atoms. The monoisotopic (exact) mass is 348 g/mol. The van der Waals surface area contributed by atoms with Crippen molar-refractivity contribution in [3.63, 3.8) is 0 Å². The van der Waals surface area contributed by atoms with Crippen LogP contribution in [-0.2, 0) is 23.8 Å². The van der Waals surface area contributed by atoms with Gasteiger partial charge in [-0.1, -0.05) is 12.1 Å². The highest BCUT2D eigenvalue weighted by molar-refractivity contribution is 6.06. The molecule has 25 heavy (non-hydrogen) atoms. The Morgan fingerprint density at radius 1 is 1.16 bits per heavy atom. The molecule has 0 radical (unpaired) electrons. The van der Waals surface area contributed by atoms with Gasteiger partial charge in [0, 0.05) is 7.05 Å². The Balaban J connectivity index is 2.70. The maximum absolute atomic E-state index is 12.4. The molecular weight excluding hydrogens is 328 g/mol. The highest BCUT2D eigenvalue weighted by atomic mass is 16.5. The van der Waals surface area contributed by atoms with Gasteiger partial charge in [0.2, 0.25) is 0 Å². The summed E-state index contributed by atoms with van der Waals surface area (Å²) in [6.07, 6.45) is 0. The van der Waals surface area contributed by atoms with Crippen molar-refractivity contribution in [1.82, 2.24) is 5.32 Å². The quantitative estimate of drug-likeness (QED) is 0.802. The van der Waals surface area contributed by atoms with Gasteiger partial charge in [-0.25, -0.2) is 9.59 Å². The number of aryl methyl sites for hydroxylation is 1. The van der Waals surface area contributed by atoms with Crippen LogP contribution in [0.5, 0.6) is 0 Å². The van der Waals surface area contributed by atoms with Gasteiger partial charge < -0.3 is 24.4 Å². The second kappa shape index (κ2) is 7.80. The van der Waals surface area contributed by atoms with Crippen molar-refractivity contribution in [1.29, 1.82) is 0 Å². The first-order valence-electron chi connectivity index (χ1n) is 7.53. The number of ether oxygens (including phenoxy) is 3. The van der Waals surface area contributed by atoms with E-state index in [9.17, 15) is 14.4 Å². The number of methoxy groups -OCH3 is 2. The van der Waals surface area contributed by atoms with Gasteiger partial charge in [-0.2, -0.15) is 0 Å². The van der Waals surface area contributed by atoms with E-state index in [-0.39, 0.29) is 30.5 Å². The summed E-state index contributed by atoms with van der Waals surface area (Å²) in [7, 11) is 3.94. The molecule has 1 amide bonds. The van der Waals surface area contributed by atoms with E-state index in [0.29, 0.717) is 11.3 Å². The fourth-order valence-electron chi connectivity index (χ4n) is 2.66. The molecule has 1 heterocycles. The summed E-state index contributed by atoms with van der Waals surface area (Å²) < 4.78 is 15.0. The molecule has 134 valence electrons. The third-order valence-corrected chi connectivity index (χ3v) is 3.81. The van der Waals surface area contributed by atoms with Crippen molar-refractivity contribution in [3.05, 3.63) is 40.6 Å². The molecule has 0 aromatic heterocycles. The number of benzene rings is 1. The van der Waals surface area contributed by atoms with Gasteiger partial charge in [0.05, 0.1) is 37.7 Å². The molecule has 0 unspecified atom stereocenters. The summed E-state index contributed by atoms with van der Waals surface area (Å²) >= 11 is 0. The van der Waals surface area contributed by atoms with E-state index < -0.39 is 11.9 Å². The molecule has 1 aromatic carbocycles. The Morgan fingerprint density at radius 3 is 2.44 bits per heavy atom. The lowest BCUT2D eigenvalue weighted by molar-refractivity contribution is -0.140. The highest BCUT2D eigenvalue weighted by Gasteiger charge is 2.34. The zero-order chi connectivity index (χ0) is 18.6. The van der Waals surface area contributed by atoms with Crippen molar-refractivity contribution in [2.24, 2.45) is 0 Å². The summed E-state index contributed by atoms with van der Waals surface area (Å²) in [6, 6.07) is 5.16. The molecule has 1 N–H and O–H groups in total. The van der Waals surface area contributed by atoms with Crippen LogP contribution in [-0.4, -0.2) is 52.5 Å². The lowest BCUT2D eigenvalue weighted by Gasteiger charge is -2.33. The summed E-state index contributed by atoms with van der Waals surface area (Å²) in [5.74, 6) is -1.73. The Kier molecular flexibility index (Phi) is 5.76. The number of nitrogens with zero attached hydrogens (tertiary/aromatic N) is 1. The number of hydrogen-bond donors (Lipinski definition) is 1. The van der Waals surface area contributed by atoms with Crippen LogP contribution in [0.25, 0.3) is 0 Å². The average Bonchev–Trinajstić information content (AvgIpc) is 2.65. The predicted octanol–water partition coefficient (Wildman–Crippen LogP) is 0.749. The average molecular weight is 348 g/mol. The number of para-hydroxylation sites is 1. The van der Waals surface area contributed by atoms with Crippen LogP contribution in [0.4, 0.5) is 5.69 Å². The van der Waals surface area contributed by atoms with E-state index in [0.717, 1.165) is 5.56 Å². The summed E-state index contributed by atoms with van der Waals surface area (Å²) in [4.78, 5) is 38.1. The van der Waals surface area contributed by atoms with Gasteiger partial charge in [0.1, 0.15) is 12.4 Å². The maximum atomic E-state index is 12.4. The Labute approximate surface area is 145 Å². The van der Waals surface area contributed by atoms with Crippen LogP contribution in [0, 0.1) is 6.92 Å². The van der Waals surface area contributed by atoms with Crippen LogP contribution < -0.4 is 10.2 Å². The third-order valence-electron chi connectivity index (χ3n) is 3.81. The zero-order valence-corrected chi connectivity index (χ0v) is 14.5. The molecule has 0 saturated heterocycles. The van der Waals surface area contributed by atoms with Crippen LogP contribution in [0.2, 0.25) is 0 Å². The number of amides is 1. The molecular formula is C17H20N2O6. The Morgan fingerprint density at radius 2 is 1.84 bits per heavy atom. The summed E-state index contributed by atoms with van der Waals surface area (Å²) in [5.41, 5.74) is 1.57. The largest absolute Gasteiger partial charge is 0.466 e. The van der Waals surface area contributed by atoms with Gasteiger partial charge in [-0.05, 0) is 18.6 Å². The second-order valence-electron chi connectivity index (χ2n) is 5.27. The maximum Gasteiger partial charge on any atom is 0.355 e. The number of carbonyl (C=O) groups excluding carboxylic acids is 3.